The van der Waals surface area contributed by atoms with Gasteiger partial charge in [-0.1, -0.05) is 19.0 Å². The van der Waals surface area contributed by atoms with Crippen LogP contribution in [0.25, 0.3) is 0 Å². The molecule has 0 aliphatic carbocycles. The predicted octanol–water partition coefficient (Wildman–Crippen LogP) is 0.711. The second-order valence-electron chi connectivity index (χ2n) is 4.58. The summed E-state index contributed by atoms with van der Waals surface area (Å²) in [5.41, 5.74) is 5.72. The quantitative estimate of drug-likeness (QED) is 0.341. The third kappa shape index (κ3) is 4.90. The van der Waals surface area contributed by atoms with Crippen molar-refractivity contribution in [2.75, 3.05) is 13.1 Å². The summed E-state index contributed by atoms with van der Waals surface area (Å²) in [4.78, 5) is 21.8. The fourth-order valence-corrected chi connectivity index (χ4v) is 1.59. The van der Waals surface area contributed by atoms with Crippen molar-refractivity contribution < 1.29 is 10.0 Å². The molecule has 0 unspecified atom stereocenters. The van der Waals surface area contributed by atoms with Gasteiger partial charge in [0.1, 0.15) is 11.5 Å². The number of carbonyl (C=O) groups excluding carboxylic acids is 1. The number of amidine groups is 1. The molecule has 0 bridgehead atoms. The highest BCUT2D eigenvalue weighted by atomic mass is 16.4. The Labute approximate surface area is 112 Å². The van der Waals surface area contributed by atoms with Gasteiger partial charge in [0, 0.05) is 31.9 Å². The summed E-state index contributed by atoms with van der Waals surface area (Å²) in [5, 5.41) is 11.4. The van der Waals surface area contributed by atoms with Crippen LogP contribution in [0.3, 0.4) is 0 Å². The molecule has 0 aliphatic heterocycles. The number of carbonyl (C=O) groups is 1. The topological polar surface area (TPSA) is 105 Å². The van der Waals surface area contributed by atoms with Gasteiger partial charge in [0.05, 0.1) is 6.20 Å². The van der Waals surface area contributed by atoms with E-state index >= 15 is 0 Å². The molecular weight excluding hydrogens is 246 g/mol. The first kappa shape index (κ1) is 14.9. The molecule has 0 radical (unpaired) electrons. The molecule has 1 heterocycles. The van der Waals surface area contributed by atoms with E-state index in [0.29, 0.717) is 31.1 Å². The number of hydrogen-bond donors (Lipinski definition) is 2. The zero-order valence-electron chi connectivity index (χ0n) is 11.2. The minimum atomic E-state index is -0.201. The van der Waals surface area contributed by atoms with Crippen molar-refractivity contribution in [1.82, 2.24) is 14.9 Å². The summed E-state index contributed by atoms with van der Waals surface area (Å²) >= 11 is 0. The highest BCUT2D eigenvalue weighted by molar-refractivity contribution is 5.92. The number of rotatable bonds is 6. The Morgan fingerprint density at radius 3 is 2.79 bits per heavy atom. The fourth-order valence-electron chi connectivity index (χ4n) is 1.59. The van der Waals surface area contributed by atoms with Crippen molar-refractivity contribution in [2.45, 2.75) is 20.3 Å². The predicted molar refractivity (Wildman–Crippen MR) is 70.8 cm³/mol. The number of aromatic nitrogens is 2. The number of hydrogen-bond acceptors (Lipinski definition) is 5. The van der Waals surface area contributed by atoms with Gasteiger partial charge in [-0.15, -0.1) is 0 Å². The second-order valence-corrected chi connectivity index (χ2v) is 4.58. The Hall–Kier alpha value is -2.18. The number of oxime groups is 1. The molecule has 7 heteroatoms. The molecule has 0 fully saturated rings. The van der Waals surface area contributed by atoms with E-state index in [1.807, 2.05) is 13.8 Å². The van der Waals surface area contributed by atoms with E-state index in [1.165, 1.54) is 18.6 Å². The van der Waals surface area contributed by atoms with Crippen LogP contribution in [0.15, 0.2) is 23.7 Å². The van der Waals surface area contributed by atoms with Gasteiger partial charge in [-0.3, -0.25) is 9.78 Å². The molecule has 104 valence electrons. The van der Waals surface area contributed by atoms with Crippen LogP contribution in [0, 0.1) is 5.92 Å². The van der Waals surface area contributed by atoms with Crippen molar-refractivity contribution in [3.63, 3.8) is 0 Å². The van der Waals surface area contributed by atoms with Gasteiger partial charge in [-0.2, -0.15) is 0 Å². The van der Waals surface area contributed by atoms with Crippen LogP contribution in [0.1, 0.15) is 30.8 Å². The van der Waals surface area contributed by atoms with E-state index in [1.54, 1.807) is 4.90 Å². The summed E-state index contributed by atoms with van der Waals surface area (Å²) < 4.78 is 0. The van der Waals surface area contributed by atoms with Gasteiger partial charge in [0.15, 0.2) is 0 Å². The summed E-state index contributed by atoms with van der Waals surface area (Å²) in [6, 6.07) is 0. The molecule has 1 amide bonds. The monoisotopic (exact) mass is 265 g/mol. The average molecular weight is 265 g/mol. The molecule has 1 rings (SSSR count). The van der Waals surface area contributed by atoms with E-state index in [9.17, 15) is 4.79 Å². The third-order valence-electron chi connectivity index (χ3n) is 2.42. The molecule has 0 saturated heterocycles. The number of nitrogens with zero attached hydrogens (tertiary/aromatic N) is 4. The molecule has 19 heavy (non-hydrogen) atoms. The lowest BCUT2D eigenvalue weighted by molar-refractivity contribution is 0.0734. The Bertz CT molecular complexity index is 433. The fraction of sp³-hybridized carbons (Fsp3) is 0.500. The molecular formula is C12H19N5O2. The lowest BCUT2D eigenvalue weighted by atomic mass is 10.2. The first-order valence-corrected chi connectivity index (χ1v) is 6.06. The minimum Gasteiger partial charge on any atom is -0.409 e. The maximum Gasteiger partial charge on any atom is 0.274 e. The summed E-state index contributed by atoms with van der Waals surface area (Å²) in [5.74, 6) is 0.209. The Morgan fingerprint density at radius 2 is 2.26 bits per heavy atom. The highest BCUT2D eigenvalue weighted by Crippen LogP contribution is 2.05. The standard InChI is InChI=1S/C12H19N5O2/c1-9(2)8-17(6-3-11(13)16-19)12(18)10-7-14-4-5-15-10/h4-5,7,9,19H,3,6,8H2,1-2H3,(H2,13,16). The molecule has 0 atom stereocenters. The van der Waals surface area contributed by atoms with Gasteiger partial charge in [-0.25, -0.2) is 4.98 Å². The molecule has 0 spiro atoms. The van der Waals surface area contributed by atoms with E-state index in [4.69, 9.17) is 10.9 Å². The van der Waals surface area contributed by atoms with Crippen LogP contribution in [-0.2, 0) is 0 Å². The van der Waals surface area contributed by atoms with Crippen LogP contribution in [0.2, 0.25) is 0 Å². The number of nitrogens with two attached hydrogens (primary N) is 1. The van der Waals surface area contributed by atoms with Crippen molar-refractivity contribution in [2.24, 2.45) is 16.8 Å². The van der Waals surface area contributed by atoms with Crippen LogP contribution in [-0.4, -0.2) is 44.9 Å². The number of amides is 1. The molecule has 3 N–H and O–H groups in total. The Kier molecular flexibility index (Phi) is 5.72. The minimum absolute atomic E-state index is 0.0979. The van der Waals surface area contributed by atoms with Crippen LogP contribution in [0.5, 0.6) is 0 Å². The molecule has 0 aliphatic rings. The first-order chi connectivity index (χ1) is 9.04. The second kappa shape index (κ2) is 7.30. The van der Waals surface area contributed by atoms with Gasteiger partial charge in [0.2, 0.25) is 0 Å². The van der Waals surface area contributed by atoms with Crippen molar-refractivity contribution in [3.8, 4) is 0 Å². The van der Waals surface area contributed by atoms with Crippen LogP contribution < -0.4 is 5.73 Å². The van der Waals surface area contributed by atoms with Crippen molar-refractivity contribution in [3.05, 3.63) is 24.3 Å². The highest BCUT2D eigenvalue weighted by Gasteiger charge is 2.18. The van der Waals surface area contributed by atoms with E-state index in [-0.39, 0.29) is 11.7 Å². The van der Waals surface area contributed by atoms with Crippen LogP contribution >= 0.6 is 0 Å². The average Bonchev–Trinajstić information content (AvgIpc) is 2.42. The summed E-state index contributed by atoms with van der Waals surface area (Å²) in [7, 11) is 0. The molecule has 0 aromatic carbocycles. The van der Waals surface area contributed by atoms with Gasteiger partial charge in [-0.05, 0) is 5.92 Å². The summed E-state index contributed by atoms with van der Waals surface area (Å²) in [6.07, 6.45) is 4.73. The molecule has 1 aromatic rings. The zero-order chi connectivity index (χ0) is 14.3. The first-order valence-electron chi connectivity index (χ1n) is 6.06. The lowest BCUT2D eigenvalue weighted by Crippen LogP contribution is -2.37. The Balaban J connectivity index is 2.76. The van der Waals surface area contributed by atoms with Crippen molar-refractivity contribution >= 4 is 11.7 Å². The molecule has 7 nitrogen and oxygen atoms in total. The zero-order valence-corrected chi connectivity index (χ0v) is 11.2. The van der Waals surface area contributed by atoms with Crippen molar-refractivity contribution in [1.29, 1.82) is 0 Å². The maximum absolute atomic E-state index is 12.3. The van der Waals surface area contributed by atoms with E-state index in [0.717, 1.165) is 0 Å². The SMILES string of the molecule is CC(C)CN(CC/C(N)=N/O)C(=O)c1cnccn1. The maximum atomic E-state index is 12.3. The largest absolute Gasteiger partial charge is 0.409 e. The van der Waals surface area contributed by atoms with E-state index in [2.05, 4.69) is 15.1 Å². The normalized spacial score (nSPS) is 11.6. The third-order valence-corrected chi connectivity index (χ3v) is 2.42. The smallest absolute Gasteiger partial charge is 0.274 e. The lowest BCUT2D eigenvalue weighted by Gasteiger charge is -2.23. The summed E-state index contributed by atoms with van der Waals surface area (Å²) in [6.45, 7) is 4.98. The molecule has 0 saturated carbocycles. The molecule has 1 aromatic heterocycles. The van der Waals surface area contributed by atoms with Crippen LogP contribution in [0.4, 0.5) is 0 Å². The van der Waals surface area contributed by atoms with Gasteiger partial charge >= 0.3 is 0 Å². The van der Waals surface area contributed by atoms with E-state index < -0.39 is 0 Å². The van der Waals surface area contributed by atoms with Gasteiger partial charge < -0.3 is 15.8 Å². The Morgan fingerprint density at radius 1 is 1.53 bits per heavy atom. The van der Waals surface area contributed by atoms with Gasteiger partial charge in [0.25, 0.3) is 5.91 Å².